The van der Waals surface area contributed by atoms with Crippen molar-refractivity contribution < 1.29 is 14.3 Å². The number of likely N-dealkylation sites (tertiary alicyclic amines) is 1. The van der Waals surface area contributed by atoms with Crippen molar-refractivity contribution >= 4 is 12.0 Å². The number of nitrogens with zero attached hydrogens (tertiary/aromatic N) is 1. The molecule has 1 aromatic rings. The minimum atomic E-state index is -0.346. The van der Waals surface area contributed by atoms with Crippen molar-refractivity contribution in [2.45, 2.75) is 37.1 Å². The molecule has 5 rings (SSSR count). The molecule has 24 heavy (non-hydrogen) atoms. The molecule has 4 aliphatic rings. The van der Waals surface area contributed by atoms with Gasteiger partial charge in [0.15, 0.2) is 0 Å². The van der Waals surface area contributed by atoms with Gasteiger partial charge >= 0.3 is 6.09 Å². The van der Waals surface area contributed by atoms with E-state index in [1.165, 1.54) is 17.5 Å². The van der Waals surface area contributed by atoms with Crippen LogP contribution in [-0.2, 0) is 14.9 Å². The molecule has 2 atom stereocenters. The van der Waals surface area contributed by atoms with E-state index in [1.807, 2.05) is 0 Å². The Bertz CT molecular complexity index is 723. The zero-order valence-corrected chi connectivity index (χ0v) is 13.9. The molecule has 1 unspecified atom stereocenters. The van der Waals surface area contributed by atoms with Crippen LogP contribution in [0.3, 0.4) is 0 Å². The van der Waals surface area contributed by atoms with Crippen LogP contribution in [0, 0.1) is 18.8 Å². The fourth-order valence-corrected chi connectivity index (χ4v) is 5.01. The van der Waals surface area contributed by atoms with Gasteiger partial charge in [0, 0.05) is 24.4 Å². The highest BCUT2D eigenvalue weighted by molar-refractivity contribution is 5.82. The van der Waals surface area contributed by atoms with E-state index in [9.17, 15) is 9.59 Å². The summed E-state index contributed by atoms with van der Waals surface area (Å²) in [5.41, 5.74) is 2.60. The molecule has 1 aromatic carbocycles. The summed E-state index contributed by atoms with van der Waals surface area (Å²) in [4.78, 5) is 26.1. The van der Waals surface area contributed by atoms with Crippen LogP contribution in [0.15, 0.2) is 24.3 Å². The van der Waals surface area contributed by atoms with Crippen LogP contribution in [0.5, 0.6) is 0 Å². The van der Waals surface area contributed by atoms with Gasteiger partial charge in [0.1, 0.15) is 6.61 Å². The number of hydrogen-bond donors (Lipinski definition) is 1. The van der Waals surface area contributed by atoms with Gasteiger partial charge in [-0.05, 0) is 37.7 Å². The predicted octanol–water partition coefficient (Wildman–Crippen LogP) is 1.98. The maximum absolute atomic E-state index is 12.8. The summed E-state index contributed by atoms with van der Waals surface area (Å²) in [7, 11) is 0. The van der Waals surface area contributed by atoms with Crippen molar-refractivity contribution in [3.05, 3.63) is 35.4 Å². The number of ether oxygens (including phenoxy) is 1. The summed E-state index contributed by atoms with van der Waals surface area (Å²) in [5.74, 6) is 0.924. The lowest BCUT2D eigenvalue weighted by Gasteiger charge is -2.43. The van der Waals surface area contributed by atoms with Gasteiger partial charge in [0.25, 0.3) is 0 Å². The Morgan fingerprint density at radius 3 is 2.67 bits per heavy atom. The fourth-order valence-electron chi connectivity index (χ4n) is 5.01. The molecule has 4 fully saturated rings. The number of rotatable bonds is 2. The number of piperidine rings is 1. The lowest BCUT2D eigenvalue weighted by Crippen LogP contribution is -2.58. The molecule has 0 aromatic heterocycles. The highest BCUT2D eigenvalue weighted by Gasteiger charge is 2.63. The van der Waals surface area contributed by atoms with Crippen LogP contribution in [0.25, 0.3) is 0 Å². The SMILES string of the molecule is Cc1ccc([C@@]23CC2CN(C(=O)C2CC4(COC(=O)N4)C2)C3)cc1. The standard InChI is InChI=1S/C19H22N2O3/c1-12-2-4-14(5-3-12)19-8-15(19)9-21(10-19)16(22)13-6-18(7-13)11-24-17(23)20-18/h2-5,13,15H,6-11H2,1H3,(H,20,23)/t13?,15?,18?,19-/m0/s1. The van der Waals surface area contributed by atoms with Gasteiger partial charge in [-0.1, -0.05) is 29.8 Å². The van der Waals surface area contributed by atoms with Gasteiger partial charge < -0.3 is 15.0 Å². The van der Waals surface area contributed by atoms with Crippen LogP contribution >= 0.6 is 0 Å². The number of nitrogens with one attached hydrogen (secondary N) is 1. The first-order chi connectivity index (χ1) is 11.5. The number of amides is 2. The number of hydrogen-bond acceptors (Lipinski definition) is 3. The smallest absolute Gasteiger partial charge is 0.407 e. The molecule has 0 radical (unpaired) electrons. The van der Waals surface area contributed by atoms with E-state index in [2.05, 4.69) is 41.4 Å². The third-order valence-corrected chi connectivity index (χ3v) is 6.55. The van der Waals surface area contributed by atoms with Crippen molar-refractivity contribution in [3.63, 3.8) is 0 Å². The molecule has 126 valence electrons. The first-order valence-corrected chi connectivity index (χ1v) is 8.81. The summed E-state index contributed by atoms with van der Waals surface area (Å²) >= 11 is 0. The van der Waals surface area contributed by atoms with Crippen molar-refractivity contribution in [1.29, 1.82) is 0 Å². The van der Waals surface area contributed by atoms with Crippen molar-refractivity contribution in [1.82, 2.24) is 10.2 Å². The maximum Gasteiger partial charge on any atom is 0.407 e. The topological polar surface area (TPSA) is 58.6 Å². The molecular formula is C19H22N2O3. The largest absolute Gasteiger partial charge is 0.447 e. The average Bonchev–Trinajstić information content (AvgIpc) is 2.90. The number of fused-ring (bicyclic) bond motifs is 1. The van der Waals surface area contributed by atoms with E-state index in [0.717, 1.165) is 25.9 Å². The minimum absolute atomic E-state index is 0.0413. The van der Waals surface area contributed by atoms with Crippen molar-refractivity contribution in [3.8, 4) is 0 Å². The van der Waals surface area contributed by atoms with E-state index in [1.54, 1.807) is 0 Å². The zero-order valence-electron chi connectivity index (χ0n) is 13.9. The van der Waals surface area contributed by atoms with E-state index >= 15 is 0 Å². The summed E-state index contributed by atoms with van der Waals surface area (Å²) < 4.78 is 5.00. The molecule has 2 saturated heterocycles. The Kier molecular flexibility index (Phi) is 2.70. The van der Waals surface area contributed by atoms with Gasteiger partial charge in [0.2, 0.25) is 5.91 Å². The second-order valence-corrected chi connectivity index (χ2v) is 8.23. The minimum Gasteiger partial charge on any atom is -0.447 e. The van der Waals surface area contributed by atoms with Crippen molar-refractivity contribution in [2.24, 2.45) is 11.8 Å². The molecule has 2 heterocycles. The number of benzene rings is 1. The molecule has 2 aliphatic carbocycles. The van der Waals surface area contributed by atoms with Gasteiger partial charge in [0.05, 0.1) is 5.54 Å². The highest BCUT2D eigenvalue weighted by Crippen LogP contribution is 2.59. The fraction of sp³-hybridized carbons (Fsp3) is 0.579. The quantitative estimate of drug-likeness (QED) is 0.904. The number of carbonyl (C=O) groups is 2. The first kappa shape index (κ1) is 14.3. The number of cyclic esters (lactones) is 1. The Morgan fingerprint density at radius 1 is 1.25 bits per heavy atom. The molecule has 0 bridgehead atoms. The lowest BCUT2D eigenvalue weighted by molar-refractivity contribution is -0.140. The molecular weight excluding hydrogens is 304 g/mol. The summed E-state index contributed by atoms with van der Waals surface area (Å²) in [6.07, 6.45) is 2.30. The summed E-state index contributed by atoms with van der Waals surface area (Å²) in [6, 6.07) is 8.80. The second-order valence-electron chi connectivity index (χ2n) is 8.23. The van der Waals surface area contributed by atoms with Crippen molar-refractivity contribution in [2.75, 3.05) is 19.7 Å². The molecule has 5 heteroatoms. The number of aryl methyl sites for hydroxylation is 1. The van der Waals surface area contributed by atoms with E-state index in [-0.39, 0.29) is 28.9 Å². The molecule has 1 N–H and O–H groups in total. The lowest BCUT2D eigenvalue weighted by atomic mass is 9.68. The molecule has 2 amide bonds. The highest BCUT2D eigenvalue weighted by atomic mass is 16.6. The van der Waals surface area contributed by atoms with Crippen LogP contribution in [0.2, 0.25) is 0 Å². The first-order valence-electron chi connectivity index (χ1n) is 8.81. The Labute approximate surface area is 141 Å². The van der Waals surface area contributed by atoms with E-state index < -0.39 is 0 Å². The van der Waals surface area contributed by atoms with Crippen LogP contribution in [0.4, 0.5) is 4.79 Å². The molecule has 2 aliphatic heterocycles. The van der Waals surface area contributed by atoms with E-state index in [4.69, 9.17) is 4.74 Å². The van der Waals surface area contributed by atoms with Gasteiger partial charge in [-0.2, -0.15) is 0 Å². The molecule has 5 nitrogen and oxygen atoms in total. The summed E-state index contributed by atoms with van der Waals surface area (Å²) in [6.45, 7) is 4.25. The van der Waals surface area contributed by atoms with Gasteiger partial charge in [-0.3, -0.25) is 4.79 Å². The Hall–Kier alpha value is -2.04. The average molecular weight is 326 g/mol. The van der Waals surface area contributed by atoms with E-state index in [0.29, 0.717) is 12.5 Å². The van der Waals surface area contributed by atoms with Crippen LogP contribution in [0.1, 0.15) is 30.4 Å². The van der Waals surface area contributed by atoms with Crippen LogP contribution in [-0.4, -0.2) is 42.1 Å². The third kappa shape index (κ3) is 1.93. The maximum atomic E-state index is 12.8. The monoisotopic (exact) mass is 326 g/mol. The van der Waals surface area contributed by atoms with Crippen LogP contribution < -0.4 is 5.32 Å². The number of carbonyl (C=O) groups excluding carboxylic acids is 2. The normalized spacial score (nSPS) is 39.2. The van der Waals surface area contributed by atoms with Gasteiger partial charge in [-0.15, -0.1) is 0 Å². The predicted molar refractivity (Wildman–Crippen MR) is 87.5 cm³/mol. The second kappa shape index (κ2) is 4.52. The molecule has 1 spiro atoms. The Balaban J connectivity index is 1.25. The number of alkyl carbamates (subject to hydrolysis) is 1. The Morgan fingerprint density at radius 2 is 2.00 bits per heavy atom. The molecule has 2 saturated carbocycles. The third-order valence-electron chi connectivity index (χ3n) is 6.55. The zero-order chi connectivity index (χ0) is 16.5. The van der Waals surface area contributed by atoms with Gasteiger partial charge in [-0.25, -0.2) is 4.79 Å². The summed E-state index contributed by atoms with van der Waals surface area (Å²) in [5, 5.41) is 2.87.